The van der Waals surface area contributed by atoms with Crippen LogP contribution in [0.15, 0.2) is 24.3 Å². The second-order valence-electron chi connectivity index (χ2n) is 8.51. The molecule has 162 valence electrons. The Morgan fingerprint density at radius 3 is 2.21 bits per heavy atom. The first-order valence-electron chi connectivity index (χ1n) is 10.5. The first-order chi connectivity index (χ1) is 13.8. The zero-order valence-corrected chi connectivity index (χ0v) is 18.5. The van der Waals surface area contributed by atoms with E-state index in [4.69, 9.17) is 4.74 Å². The van der Waals surface area contributed by atoms with Gasteiger partial charge in [0.2, 0.25) is 5.91 Å². The molecule has 0 unspecified atom stereocenters. The highest BCUT2D eigenvalue weighted by atomic mass is 32.2. The molecular formula is C21H33N3O4S. The number of hydrogen-bond acceptors (Lipinski definition) is 4. The summed E-state index contributed by atoms with van der Waals surface area (Å²) in [6, 6.07) is 7.59. The lowest BCUT2D eigenvalue weighted by molar-refractivity contribution is -0.126. The standard InChI is InChI=1S/C21H33N3O4S/c1-16-12-17(2)15-24(14-16)29(26,27)23-10-8-19(9-11-23)21(25)22-13-18-4-6-20(28-3)7-5-18/h4-7,16-17,19H,8-15H2,1-3H3,(H,22,25)/t16-,17+. The van der Waals surface area contributed by atoms with E-state index in [1.165, 1.54) is 0 Å². The summed E-state index contributed by atoms with van der Waals surface area (Å²) in [6.45, 7) is 6.67. The summed E-state index contributed by atoms with van der Waals surface area (Å²) in [4.78, 5) is 12.5. The Bertz CT molecular complexity index is 779. The number of piperidine rings is 2. The van der Waals surface area contributed by atoms with Gasteiger partial charge in [0.05, 0.1) is 7.11 Å². The van der Waals surface area contributed by atoms with E-state index in [9.17, 15) is 13.2 Å². The molecule has 2 fully saturated rings. The normalized spacial score (nSPS) is 24.9. The predicted molar refractivity (Wildman–Crippen MR) is 113 cm³/mol. The summed E-state index contributed by atoms with van der Waals surface area (Å²) in [5.74, 6) is 1.41. The highest BCUT2D eigenvalue weighted by Crippen LogP contribution is 2.27. The largest absolute Gasteiger partial charge is 0.497 e. The fraction of sp³-hybridized carbons (Fsp3) is 0.667. The first kappa shape index (κ1) is 22.1. The molecule has 1 N–H and O–H groups in total. The van der Waals surface area contributed by atoms with Crippen molar-refractivity contribution in [3.05, 3.63) is 29.8 Å². The van der Waals surface area contributed by atoms with E-state index < -0.39 is 10.2 Å². The molecular weight excluding hydrogens is 390 g/mol. The molecule has 1 aromatic rings. The van der Waals surface area contributed by atoms with E-state index in [-0.39, 0.29) is 11.8 Å². The molecule has 1 amide bonds. The predicted octanol–water partition coefficient (Wildman–Crippen LogP) is 2.25. The van der Waals surface area contributed by atoms with Gasteiger partial charge in [-0.05, 0) is 48.8 Å². The summed E-state index contributed by atoms with van der Waals surface area (Å²) in [5, 5.41) is 2.98. The van der Waals surface area contributed by atoms with Crippen molar-refractivity contribution in [2.75, 3.05) is 33.3 Å². The number of amides is 1. The Morgan fingerprint density at radius 1 is 1.07 bits per heavy atom. The maximum absolute atomic E-state index is 13.0. The lowest BCUT2D eigenvalue weighted by atomic mass is 9.94. The number of hydrogen-bond donors (Lipinski definition) is 1. The smallest absolute Gasteiger partial charge is 0.281 e. The van der Waals surface area contributed by atoms with Crippen molar-refractivity contribution in [2.24, 2.45) is 17.8 Å². The maximum Gasteiger partial charge on any atom is 0.281 e. The van der Waals surface area contributed by atoms with Crippen LogP contribution < -0.4 is 10.1 Å². The quantitative estimate of drug-likeness (QED) is 0.761. The number of ether oxygens (including phenoxy) is 1. The van der Waals surface area contributed by atoms with Gasteiger partial charge in [-0.1, -0.05) is 26.0 Å². The molecule has 0 spiro atoms. The lowest BCUT2D eigenvalue weighted by Gasteiger charge is -2.39. The van der Waals surface area contributed by atoms with E-state index in [1.54, 1.807) is 15.7 Å². The van der Waals surface area contributed by atoms with E-state index in [0.29, 0.717) is 57.4 Å². The first-order valence-corrected chi connectivity index (χ1v) is 11.8. The zero-order valence-electron chi connectivity index (χ0n) is 17.6. The van der Waals surface area contributed by atoms with Crippen LogP contribution in [0, 0.1) is 17.8 Å². The average Bonchev–Trinajstić information content (AvgIpc) is 2.71. The third-order valence-corrected chi connectivity index (χ3v) is 7.91. The molecule has 2 saturated heterocycles. The lowest BCUT2D eigenvalue weighted by Crippen LogP contribution is -2.52. The van der Waals surface area contributed by atoms with Crippen molar-refractivity contribution in [1.82, 2.24) is 13.9 Å². The van der Waals surface area contributed by atoms with Crippen molar-refractivity contribution >= 4 is 16.1 Å². The van der Waals surface area contributed by atoms with Crippen LogP contribution in [0.25, 0.3) is 0 Å². The van der Waals surface area contributed by atoms with Crippen LogP contribution in [0.1, 0.15) is 38.7 Å². The number of carbonyl (C=O) groups excluding carboxylic acids is 1. The fourth-order valence-electron chi connectivity index (χ4n) is 4.38. The SMILES string of the molecule is COc1ccc(CNC(=O)C2CCN(S(=O)(=O)N3C[C@H](C)C[C@H](C)C3)CC2)cc1. The Balaban J connectivity index is 1.49. The van der Waals surface area contributed by atoms with Gasteiger partial charge >= 0.3 is 0 Å². The minimum absolute atomic E-state index is 0.00178. The number of methoxy groups -OCH3 is 1. The van der Waals surface area contributed by atoms with Crippen molar-refractivity contribution in [3.63, 3.8) is 0 Å². The van der Waals surface area contributed by atoms with Gasteiger partial charge in [-0.2, -0.15) is 17.0 Å². The van der Waals surface area contributed by atoms with E-state index in [1.807, 2.05) is 24.3 Å². The topological polar surface area (TPSA) is 79.0 Å². The third-order valence-electron chi connectivity index (χ3n) is 5.94. The summed E-state index contributed by atoms with van der Waals surface area (Å²) < 4.78 is 34.4. The van der Waals surface area contributed by atoms with Crippen molar-refractivity contribution in [2.45, 2.75) is 39.7 Å². The van der Waals surface area contributed by atoms with E-state index in [0.717, 1.165) is 17.7 Å². The second kappa shape index (κ2) is 9.45. The van der Waals surface area contributed by atoms with E-state index in [2.05, 4.69) is 19.2 Å². The maximum atomic E-state index is 13.0. The highest BCUT2D eigenvalue weighted by molar-refractivity contribution is 7.86. The molecule has 2 atom stereocenters. The molecule has 0 saturated carbocycles. The molecule has 0 radical (unpaired) electrons. The monoisotopic (exact) mass is 423 g/mol. The molecule has 3 rings (SSSR count). The molecule has 0 bridgehead atoms. The summed E-state index contributed by atoms with van der Waals surface area (Å²) in [6.07, 6.45) is 2.20. The van der Waals surface area contributed by atoms with Gasteiger partial charge < -0.3 is 10.1 Å². The number of carbonyl (C=O) groups is 1. The average molecular weight is 424 g/mol. The molecule has 0 aliphatic carbocycles. The summed E-state index contributed by atoms with van der Waals surface area (Å²) in [5.41, 5.74) is 1.01. The van der Waals surface area contributed by atoms with Crippen LogP contribution in [0.2, 0.25) is 0 Å². The number of nitrogens with one attached hydrogen (secondary N) is 1. The summed E-state index contributed by atoms with van der Waals surface area (Å²) in [7, 11) is -1.82. The molecule has 7 nitrogen and oxygen atoms in total. The van der Waals surface area contributed by atoms with Crippen LogP contribution in [0.5, 0.6) is 5.75 Å². The summed E-state index contributed by atoms with van der Waals surface area (Å²) >= 11 is 0. The Labute approximate surface area is 174 Å². The van der Waals surface area contributed by atoms with Crippen LogP contribution >= 0.6 is 0 Å². The van der Waals surface area contributed by atoms with Gasteiger partial charge in [-0.25, -0.2) is 0 Å². The minimum atomic E-state index is -3.44. The number of rotatable bonds is 6. The molecule has 0 aromatic heterocycles. The molecule has 2 aliphatic heterocycles. The van der Waals surface area contributed by atoms with Crippen molar-refractivity contribution < 1.29 is 17.9 Å². The van der Waals surface area contributed by atoms with Gasteiger partial charge in [0.1, 0.15) is 5.75 Å². The van der Waals surface area contributed by atoms with Crippen LogP contribution in [-0.4, -0.2) is 56.2 Å². The van der Waals surface area contributed by atoms with Gasteiger partial charge in [0.25, 0.3) is 10.2 Å². The van der Waals surface area contributed by atoms with Gasteiger partial charge in [-0.15, -0.1) is 0 Å². The molecule has 1 aromatic carbocycles. The molecule has 8 heteroatoms. The number of benzene rings is 1. The van der Waals surface area contributed by atoms with Crippen molar-refractivity contribution in [1.29, 1.82) is 0 Å². The Hall–Kier alpha value is -1.64. The van der Waals surface area contributed by atoms with E-state index >= 15 is 0 Å². The van der Waals surface area contributed by atoms with Gasteiger partial charge in [0, 0.05) is 38.6 Å². The van der Waals surface area contributed by atoms with Crippen LogP contribution in [0.3, 0.4) is 0 Å². The zero-order chi connectivity index (χ0) is 21.0. The molecule has 2 aliphatic rings. The van der Waals surface area contributed by atoms with Gasteiger partial charge in [-0.3, -0.25) is 4.79 Å². The van der Waals surface area contributed by atoms with Crippen LogP contribution in [0.4, 0.5) is 0 Å². The fourth-order valence-corrected chi connectivity index (χ4v) is 6.27. The minimum Gasteiger partial charge on any atom is -0.497 e. The number of nitrogens with zero attached hydrogens (tertiary/aromatic N) is 2. The Kier molecular flexibility index (Phi) is 7.19. The van der Waals surface area contributed by atoms with Gasteiger partial charge in [0.15, 0.2) is 0 Å². The molecule has 2 heterocycles. The molecule has 29 heavy (non-hydrogen) atoms. The third kappa shape index (κ3) is 5.49. The highest BCUT2D eigenvalue weighted by Gasteiger charge is 2.37. The second-order valence-corrected chi connectivity index (χ2v) is 10.4. The van der Waals surface area contributed by atoms with Crippen molar-refractivity contribution in [3.8, 4) is 5.75 Å². The Morgan fingerprint density at radius 2 is 1.66 bits per heavy atom. The van der Waals surface area contributed by atoms with Crippen LogP contribution in [-0.2, 0) is 21.5 Å².